The van der Waals surface area contributed by atoms with Gasteiger partial charge < -0.3 is 9.80 Å². The van der Waals surface area contributed by atoms with Crippen LogP contribution in [0.15, 0.2) is 24.5 Å². The summed E-state index contributed by atoms with van der Waals surface area (Å²) in [5.41, 5.74) is 0. The van der Waals surface area contributed by atoms with Gasteiger partial charge in [0.05, 0.1) is 0 Å². The maximum absolute atomic E-state index is 12.1. The van der Waals surface area contributed by atoms with Crippen molar-refractivity contribution in [2.45, 2.75) is 27.2 Å². The summed E-state index contributed by atoms with van der Waals surface area (Å²) in [6.45, 7) is 9.17. The minimum absolute atomic E-state index is 0.252. The van der Waals surface area contributed by atoms with Gasteiger partial charge in [0.25, 0.3) is 0 Å². The van der Waals surface area contributed by atoms with Crippen molar-refractivity contribution in [3.63, 3.8) is 0 Å². The Kier molecular flexibility index (Phi) is 4.78. The fraction of sp³-hybridized carbons (Fsp3) is 0.529. The SMILES string of the molecule is Cc1nccn1-c1ccc(N2CCN(C(=O)CC(C)C)CC2)nn1. The van der Waals surface area contributed by atoms with E-state index in [2.05, 4.69) is 33.9 Å². The third kappa shape index (κ3) is 3.55. The molecule has 2 aromatic rings. The van der Waals surface area contributed by atoms with E-state index in [4.69, 9.17) is 0 Å². The van der Waals surface area contributed by atoms with E-state index in [1.807, 2.05) is 34.7 Å². The Morgan fingerprint density at radius 2 is 1.79 bits per heavy atom. The third-order valence-corrected chi connectivity index (χ3v) is 4.25. The standard InChI is InChI=1S/C17H24N6O/c1-13(2)12-17(24)22-10-8-21(9-11-22)15-4-5-16(20-19-15)23-7-6-18-14(23)3/h4-7,13H,8-12H2,1-3H3. The van der Waals surface area contributed by atoms with Gasteiger partial charge in [-0.1, -0.05) is 13.8 Å². The highest BCUT2D eigenvalue weighted by atomic mass is 16.2. The second-order valence-electron chi connectivity index (χ2n) is 6.56. The summed E-state index contributed by atoms with van der Waals surface area (Å²) in [7, 11) is 0. The summed E-state index contributed by atoms with van der Waals surface area (Å²) in [5, 5.41) is 8.64. The second-order valence-corrected chi connectivity index (χ2v) is 6.56. The van der Waals surface area contributed by atoms with Crippen LogP contribution in [0.2, 0.25) is 0 Å². The Bertz CT molecular complexity index is 685. The van der Waals surface area contributed by atoms with Crippen molar-refractivity contribution in [1.29, 1.82) is 0 Å². The number of rotatable bonds is 4. The minimum atomic E-state index is 0.252. The van der Waals surface area contributed by atoms with Gasteiger partial charge in [-0.3, -0.25) is 9.36 Å². The molecule has 0 bridgehead atoms. The topological polar surface area (TPSA) is 67.2 Å². The first kappa shape index (κ1) is 16.4. The number of piperazine rings is 1. The van der Waals surface area contributed by atoms with Gasteiger partial charge in [-0.15, -0.1) is 10.2 Å². The third-order valence-electron chi connectivity index (χ3n) is 4.25. The molecule has 1 aliphatic heterocycles. The summed E-state index contributed by atoms with van der Waals surface area (Å²) in [6.07, 6.45) is 4.25. The lowest BCUT2D eigenvalue weighted by atomic mass is 10.1. The van der Waals surface area contributed by atoms with Crippen LogP contribution in [0.5, 0.6) is 0 Å². The molecule has 0 unspecified atom stereocenters. The van der Waals surface area contributed by atoms with Crippen LogP contribution >= 0.6 is 0 Å². The largest absolute Gasteiger partial charge is 0.352 e. The molecule has 0 N–H and O–H groups in total. The van der Waals surface area contributed by atoms with Gasteiger partial charge in [0.1, 0.15) is 5.82 Å². The molecule has 0 radical (unpaired) electrons. The summed E-state index contributed by atoms with van der Waals surface area (Å²) < 4.78 is 1.90. The van der Waals surface area contributed by atoms with Crippen LogP contribution in [0.1, 0.15) is 26.1 Å². The van der Waals surface area contributed by atoms with Crippen molar-refractivity contribution in [2.75, 3.05) is 31.1 Å². The molecule has 128 valence electrons. The van der Waals surface area contributed by atoms with E-state index in [1.165, 1.54) is 0 Å². The molecule has 3 heterocycles. The van der Waals surface area contributed by atoms with Crippen molar-refractivity contribution in [3.8, 4) is 5.82 Å². The Balaban J connectivity index is 1.61. The van der Waals surface area contributed by atoms with Gasteiger partial charge >= 0.3 is 0 Å². The Labute approximate surface area is 142 Å². The van der Waals surface area contributed by atoms with Crippen molar-refractivity contribution < 1.29 is 4.79 Å². The molecule has 0 aromatic carbocycles. The number of nitrogens with zero attached hydrogens (tertiary/aromatic N) is 6. The number of carbonyl (C=O) groups excluding carboxylic acids is 1. The predicted octanol–water partition coefficient (Wildman–Crippen LogP) is 1.67. The van der Waals surface area contributed by atoms with Crippen LogP contribution in [0.3, 0.4) is 0 Å². The van der Waals surface area contributed by atoms with Gasteiger partial charge in [-0.2, -0.15) is 0 Å². The Hall–Kier alpha value is -2.44. The molecule has 1 fully saturated rings. The molecule has 2 aromatic heterocycles. The Morgan fingerprint density at radius 1 is 1.12 bits per heavy atom. The first-order chi connectivity index (χ1) is 11.5. The number of anilines is 1. The van der Waals surface area contributed by atoms with E-state index >= 15 is 0 Å². The number of hydrogen-bond donors (Lipinski definition) is 0. The smallest absolute Gasteiger partial charge is 0.222 e. The van der Waals surface area contributed by atoms with E-state index in [0.717, 1.165) is 43.6 Å². The predicted molar refractivity (Wildman–Crippen MR) is 92.1 cm³/mol. The first-order valence-corrected chi connectivity index (χ1v) is 8.41. The number of aryl methyl sites for hydroxylation is 1. The molecular weight excluding hydrogens is 304 g/mol. The van der Waals surface area contributed by atoms with Gasteiger partial charge in [0, 0.05) is 45.0 Å². The van der Waals surface area contributed by atoms with Crippen LogP contribution in [-0.2, 0) is 4.79 Å². The van der Waals surface area contributed by atoms with Gasteiger partial charge in [-0.05, 0) is 25.0 Å². The zero-order chi connectivity index (χ0) is 17.1. The average Bonchev–Trinajstić information content (AvgIpc) is 3.00. The van der Waals surface area contributed by atoms with Crippen LogP contribution in [0.4, 0.5) is 5.82 Å². The van der Waals surface area contributed by atoms with E-state index in [9.17, 15) is 4.79 Å². The highest BCUT2D eigenvalue weighted by Crippen LogP contribution is 2.16. The molecule has 24 heavy (non-hydrogen) atoms. The maximum atomic E-state index is 12.1. The lowest BCUT2D eigenvalue weighted by Gasteiger charge is -2.35. The van der Waals surface area contributed by atoms with Crippen molar-refractivity contribution in [2.24, 2.45) is 5.92 Å². The van der Waals surface area contributed by atoms with Crippen molar-refractivity contribution in [1.82, 2.24) is 24.6 Å². The van der Waals surface area contributed by atoms with Gasteiger partial charge in [0.2, 0.25) is 5.91 Å². The molecule has 1 aliphatic rings. The first-order valence-electron chi connectivity index (χ1n) is 8.41. The summed E-state index contributed by atoms with van der Waals surface area (Å²) in [4.78, 5) is 20.5. The van der Waals surface area contributed by atoms with E-state index < -0.39 is 0 Å². The molecule has 3 rings (SSSR count). The zero-order valence-corrected chi connectivity index (χ0v) is 14.5. The molecular formula is C17H24N6O. The second kappa shape index (κ2) is 6.98. The maximum Gasteiger partial charge on any atom is 0.222 e. The zero-order valence-electron chi connectivity index (χ0n) is 14.5. The van der Waals surface area contributed by atoms with Crippen LogP contribution < -0.4 is 4.90 Å². The fourth-order valence-corrected chi connectivity index (χ4v) is 2.90. The number of carbonyl (C=O) groups is 1. The molecule has 0 atom stereocenters. The van der Waals surface area contributed by atoms with Gasteiger partial charge in [0.15, 0.2) is 11.6 Å². The minimum Gasteiger partial charge on any atom is -0.352 e. The molecule has 7 heteroatoms. The normalized spacial score (nSPS) is 15.2. The molecule has 7 nitrogen and oxygen atoms in total. The molecule has 1 amide bonds. The number of aromatic nitrogens is 4. The van der Waals surface area contributed by atoms with Crippen LogP contribution in [0.25, 0.3) is 5.82 Å². The average molecular weight is 328 g/mol. The molecule has 0 saturated carbocycles. The lowest BCUT2D eigenvalue weighted by Crippen LogP contribution is -2.49. The molecule has 1 saturated heterocycles. The van der Waals surface area contributed by atoms with Crippen LogP contribution in [0, 0.1) is 12.8 Å². The quantitative estimate of drug-likeness (QED) is 0.854. The monoisotopic (exact) mass is 328 g/mol. The molecule has 0 spiro atoms. The highest BCUT2D eigenvalue weighted by molar-refractivity contribution is 5.76. The van der Waals surface area contributed by atoms with Crippen LogP contribution in [-0.4, -0.2) is 56.7 Å². The molecule has 0 aliphatic carbocycles. The summed E-state index contributed by atoms with van der Waals surface area (Å²) in [6, 6.07) is 3.93. The van der Waals surface area contributed by atoms with E-state index in [0.29, 0.717) is 12.3 Å². The lowest BCUT2D eigenvalue weighted by molar-refractivity contribution is -0.132. The fourth-order valence-electron chi connectivity index (χ4n) is 2.90. The van der Waals surface area contributed by atoms with Crippen molar-refractivity contribution >= 4 is 11.7 Å². The number of hydrogen-bond acceptors (Lipinski definition) is 5. The van der Waals surface area contributed by atoms with Crippen molar-refractivity contribution in [3.05, 3.63) is 30.4 Å². The van der Waals surface area contributed by atoms with E-state index in [-0.39, 0.29) is 5.91 Å². The highest BCUT2D eigenvalue weighted by Gasteiger charge is 2.22. The summed E-state index contributed by atoms with van der Waals surface area (Å²) in [5.74, 6) is 3.16. The summed E-state index contributed by atoms with van der Waals surface area (Å²) >= 11 is 0. The number of imidazole rings is 1. The Morgan fingerprint density at radius 3 is 2.33 bits per heavy atom. The number of amides is 1. The van der Waals surface area contributed by atoms with Gasteiger partial charge in [-0.25, -0.2) is 4.98 Å². The van der Waals surface area contributed by atoms with E-state index in [1.54, 1.807) is 6.20 Å².